The topological polar surface area (TPSA) is 49.8 Å². The van der Waals surface area contributed by atoms with E-state index in [2.05, 4.69) is 37.0 Å². The Hall–Kier alpha value is -1.81. The second-order valence-corrected chi connectivity index (χ2v) is 10.8. The number of aliphatic hydroxyl groups is 1. The highest BCUT2D eigenvalue weighted by atomic mass is 16.5. The fraction of sp³-hybridized carbons (Fsp3) is 0.700. The van der Waals surface area contributed by atoms with Gasteiger partial charge in [-0.1, -0.05) is 77.0 Å². The fourth-order valence-electron chi connectivity index (χ4n) is 6.67. The zero-order valence-corrected chi connectivity index (χ0v) is 21.7. The standard InChI is InChI=1S/C30H45NO3/c1-4-6-7-8-9-10-13-22(5-2)23-16-17-25-26-14-11-12-15-28(26)31-20-24(33)19-29(34-21(3)32)30(31)27(25)18-23/h16-18,22,24,27-28,33H,4-15,19-20H2,1-3H3/t22-,24-,27?,28+/m1/s1. The Kier molecular flexibility index (Phi) is 8.74. The summed E-state index contributed by atoms with van der Waals surface area (Å²) in [6.45, 7) is 6.70. The normalized spacial score (nSPS) is 27.1. The Labute approximate surface area is 206 Å². The summed E-state index contributed by atoms with van der Waals surface area (Å²) in [5, 5.41) is 10.7. The van der Waals surface area contributed by atoms with Crippen molar-refractivity contribution in [2.75, 3.05) is 6.54 Å². The average molecular weight is 468 g/mol. The summed E-state index contributed by atoms with van der Waals surface area (Å²) in [5.41, 5.74) is 5.56. The van der Waals surface area contributed by atoms with Gasteiger partial charge in [0.15, 0.2) is 0 Å². The van der Waals surface area contributed by atoms with Gasteiger partial charge in [-0.15, -0.1) is 0 Å². The van der Waals surface area contributed by atoms with Gasteiger partial charge < -0.3 is 14.7 Å². The van der Waals surface area contributed by atoms with Crippen molar-refractivity contribution in [1.29, 1.82) is 0 Å². The minimum atomic E-state index is -0.485. The van der Waals surface area contributed by atoms with Crippen molar-refractivity contribution in [3.63, 3.8) is 0 Å². The number of nitrogens with zero attached hydrogens (tertiary/aromatic N) is 1. The summed E-state index contributed by atoms with van der Waals surface area (Å²) in [6, 6.07) is 0.334. The van der Waals surface area contributed by atoms with Crippen molar-refractivity contribution in [3.8, 4) is 0 Å². The van der Waals surface area contributed by atoms with Gasteiger partial charge in [0.05, 0.1) is 17.8 Å². The molecule has 0 aromatic heterocycles. The van der Waals surface area contributed by atoms with Crippen LogP contribution in [0.2, 0.25) is 0 Å². The lowest BCUT2D eigenvalue weighted by molar-refractivity contribution is -0.138. The van der Waals surface area contributed by atoms with E-state index in [1.165, 1.54) is 75.9 Å². The van der Waals surface area contributed by atoms with E-state index in [1.807, 2.05) is 0 Å². The van der Waals surface area contributed by atoms with Crippen molar-refractivity contribution >= 4 is 5.97 Å². The van der Waals surface area contributed by atoms with Crippen molar-refractivity contribution in [2.45, 2.75) is 116 Å². The molecule has 0 bridgehead atoms. The maximum Gasteiger partial charge on any atom is 0.307 e. The van der Waals surface area contributed by atoms with E-state index in [9.17, 15) is 9.90 Å². The third-order valence-electron chi connectivity index (χ3n) is 8.33. The molecular formula is C30H45NO3. The van der Waals surface area contributed by atoms with Gasteiger partial charge in [-0.25, -0.2) is 0 Å². The van der Waals surface area contributed by atoms with Crippen LogP contribution in [-0.2, 0) is 9.53 Å². The molecule has 188 valence electrons. The number of fused-ring (bicyclic) bond motifs is 5. The molecule has 1 fully saturated rings. The predicted molar refractivity (Wildman–Crippen MR) is 138 cm³/mol. The number of carbonyl (C=O) groups excluding carboxylic acids is 1. The van der Waals surface area contributed by atoms with Crippen LogP contribution in [0.5, 0.6) is 0 Å². The summed E-state index contributed by atoms with van der Waals surface area (Å²) in [6.07, 6.45) is 22.3. The van der Waals surface area contributed by atoms with Crippen LogP contribution in [-0.4, -0.2) is 34.7 Å². The number of hydrogen-bond acceptors (Lipinski definition) is 4. The molecule has 34 heavy (non-hydrogen) atoms. The first-order valence-corrected chi connectivity index (χ1v) is 14.0. The molecule has 2 heterocycles. The van der Waals surface area contributed by atoms with Crippen LogP contribution < -0.4 is 0 Å². The molecule has 2 aliphatic heterocycles. The van der Waals surface area contributed by atoms with Crippen molar-refractivity contribution in [1.82, 2.24) is 4.90 Å². The number of ether oxygens (including phenoxy) is 1. The molecule has 4 atom stereocenters. The van der Waals surface area contributed by atoms with Crippen LogP contribution in [0.3, 0.4) is 0 Å². The van der Waals surface area contributed by atoms with Crippen LogP contribution in [0.4, 0.5) is 0 Å². The van der Waals surface area contributed by atoms with Gasteiger partial charge >= 0.3 is 5.97 Å². The van der Waals surface area contributed by atoms with Crippen LogP contribution >= 0.6 is 0 Å². The Morgan fingerprint density at radius 2 is 1.94 bits per heavy atom. The van der Waals surface area contributed by atoms with Crippen LogP contribution in [0.25, 0.3) is 0 Å². The molecule has 1 unspecified atom stereocenters. The summed E-state index contributed by atoms with van der Waals surface area (Å²) < 4.78 is 5.76. The zero-order valence-electron chi connectivity index (χ0n) is 21.7. The van der Waals surface area contributed by atoms with Crippen LogP contribution in [0.1, 0.15) is 104 Å². The third-order valence-corrected chi connectivity index (χ3v) is 8.33. The van der Waals surface area contributed by atoms with Gasteiger partial charge in [-0.2, -0.15) is 0 Å². The zero-order chi connectivity index (χ0) is 24.1. The van der Waals surface area contributed by atoms with E-state index < -0.39 is 6.10 Å². The van der Waals surface area contributed by atoms with Crippen molar-refractivity contribution in [2.24, 2.45) is 11.8 Å². The van der Waals surface area contributed by atoms with E-state index >= 15 is 0 Å². The highest BCUT2D eigenvalue weighted by Gasteiger charge is 2.44. The van der Waals surface area contributed by atoms with Crippen LogP contribution in [0.15, 0.2) is 46.4 Å². The lowest BCUT2D eigenvalue weighted by Gasteiger charge is -2.50. The van der Waals surface area contributed by atoms with Crippen molar-refractivity contribution < 1.29 is 14.6 Å². The molecule has 4 rings (SSSR count). The third kappa shape index (κ3) is 5.53. The molecule has 0 radical (unpaired) electrons. The SMILES string of the molecule is CCCCCCCC[C@@H](CC)C1=CC2C(=C3CCCC[C@@H]3N3C[C@H](O)CC(OC(C)=O)=C23)C=C1. The molecule has 4 heteroatoms. The summed E-state index contributed by atoms with van der Waals surface area (Å²) in [7, 11) is 0. The van der Waals surface area contributed by atoms with Gasteiger partial charge in [0.1, 0.15) is 5.76 Å². The monoisotopic (exact) mass is 467 g/mol. The Morgan fingerprint density at radius 3 is 2.71 bits per heavy atom. The van der Waals surface area contributed by atoms with E-state index in [0.717, 1.165) is 25.0 Å². The first kappa shape index (κ1) is 25.3. The summed E-state index contributed by atoms with van der Waals surface area (Å²) in [5.74, 6) is 1.12. The molecule has 4 nitrogen and oxygen atoms in total. The van der Waals surface area contributed by atoms with Gasteiger partial charge in [0, 0.05) is 25.8 Å². The Balaban J connectivity index is 1.62. The lowest BCUT2D eigenvalue weighted by atomic mass is 9.71. The Morgan fingerprint density at radius 1 is 1.15 bits per heavy atom. The highest BCUT2D eigenvalue weighted by molar-refractivity contribution is 5.67. The van der Waals surface area contributed by atoms with E-state index in [-0.39, 0.29) is 11.9 Å². The molecule has 0 aromatic rings. The number of aliphatic hydroxyl groups excluding tert-OH is 1. The second-order valence-electron chi connectivity index (χ2n) is 10.8. The number of carbonyl (C=O) groups is 1. The molecule has 1 N–H and O–H groups in total. The molecular weight excluding hydrogens is 422 g/mol. The number of hydrogen-bond donors (Lipinski definition) is 1. The van der Waals surface area contributed by atoms with Gasteiger partial charge in [-0.05, 0) is 54.7 Å². The molecule has 1 saturated carbocycles. The van der Waals surface area contributed by atoms with Crippen molar-refractivity contribution in [3.05, 3.63) is 46.4 Å². The Bertz CT molecular complexity index is 864. The van der Waals surface area contributed by atoms with E-state index in [4.69, 9.17) is 4.74 Å². The minimum Gasteiger partial charge on any atom is -0.429 e. The first-order valence-electron chi connectivity index (χ1n) is 14.0. The fourth-order valence-corrected chi connectivity index (χ4v) is 6.67. The molecule has 0 aromatic carbocycles. The highest BCUT2D eigenvalue weighted by Crippen LogP contribution is 2.49. The smallest absolute Gasteiger partial charge is 0.307 e. The second kappa shape index (κ2) is 11.7. The number of allylic oxidation sites excluding steroid dienone is 4. The average Bonchev–Trinajstić information content (AvgIpc) is 2.83. The largest absolute Gasteiger partial charge is 0.429 e. The lowest BCUT2D eigenvalue weighted by Crippen LogP contribution is -2.50. The molecule has 0 amide bonds. The quantitative estimate of drug-likeness (QED) is 0.278. The summed E-state index contributed by atoms with van der Waals surface area (Å²) >= 11 is 0. The first-order chi connectivity index (χ1) is 16.5. The maximum atomic E-state index is 12.0. The maximum absolute atomic E-state index is 12.0. The minimum absolute atomic E-state index is 0.143. The van der Waals surface area contributed by atoms with E-state index in [1.54, 1.807) is 5.57 Å². The predicted octanol–water partition coefficient (Wildman–Crippen LogP) is 6.97. The molecule has 4 aliphatic rings. The van der Waals surface area contributed by atoms with Gasteiger partial charge in [0.2, 0.25) is 0 Å². The number of esters is 1. The molecule has 2 aliphatic carbocycles. The molecule has 0 saturated heterocycles. The number of rotatable bonds is 10. The van der Waals surface area contributed by atoms with Crippen LogP contribution in [0, 0.1) is 11.8 Å². The summed E-state index contributed by atoms with van der Waals surface area (Å²) in [4.78, 5) is 14.4. The molecule has 0 spiro atoms. The van der Waals surface area contributed by atoms with Gasteiger partial charge in [0.25, 0.3) is 0 Å². The number of unbranched alkanes of at least 4 members (excludes halogenated alkanes) is 5. The van der Waals surface area contributed by atoms with Gasteiger partial charge in [-0.3, -0.25) is 4.79 Å². The van der Waals surface area contributed by atoms with E-state index in [0.29, 0.717) is 30.7 Å².